The van der Waals surface area contributed by atoms with Crippen molar-refractivity contribution < 1.29 is 4.21 Å². The summed E-state index contributed by atoms with van der Waals surface area (Å²) in [5.74, 6) is 2.00. The highest BCUT2D eigenvalue weighted by Gasteiger charge is 2.36. The van der Waals surface area contributed by atoms with Crippen LogP contribution in [0.2, 0.25) is 0 Å². The second-order valence-electron chi connectivity index (χ2n) is 3.49. The Hall–Kier alpha value is 0.500. The third-order valence-corrected chi connectivity index (χ3v) is 6.53. The van der Waals surface area contributed by atoms with Crippen LogP contribution in [0.1, 0.15) is 39.5 Å². The van der Waals surface area contributed by atoms with E-state index >= 15 is 0 Å². The van der Waals surface area contributed by atoms with E-state index in [1.165, 1.54) is 19.3 Å². The van der Waals surface area contributed by atoms with Crippen LogP contribution in [0, 0.1) is 0 Å². The van der Waals surface area contributed by atoms with E-state index in [0.29, 0.717) is 0 Å². The summed E-state index contributed by atoms with van der Waals surface area (Å²) in [5.41, 5.74) is 0. The molecule has 0 radical (unpaired) electrons. The van der Waals surface area contributed by atoms with Gasteiger partial charge in [-0.05, 0) is 13.3 Å². The van der Waals surface area contributed by atoms with E-state index in [0.717, 1.165) is 17.9 Å². The zero-order valence-corrected chi connectivity index (χ0v) is 9.60. The maximum atomic E-state index is 11.6. The standard InChI is InChI=1S/C9H18OS2/c1-3-4-5-6-9(2)11-7-8-12(9)10/h3-8H2,1-2H3/t9-,12-/m0/s1. The summed E-state index contributed by atoms with van der Waals surface area (Å²) in [5, 5.41) is 0. The molecule has 0 N–H and O–H groups in total. The van der Waals surface area contributed by atoms with Crippen LogP contribution in [-0.2, 0) is 10.8 Å². The predicted molar refractivity (Wildman–Crippen MR) is 58.0 cm³/mol. The Morgan fingerprint density at radius 3 is 2.75 bits per heavy atom. The zero-order chi connectivity index (χ0) is 9.03. The minimum atomic E-state index is -0.567. The van der Waals surface area contributed by atoms with Gasteiger partial charge in [0.05, 0.1) is 4.08 Å². The molecule has 2 atom stereocenters. The summed E-state index contributed by atoms with van der Waals surface area (Å²) in [6.45, 7) is 4.37. The Labute approximate surface area is 82.2 Å². The van der Waals surface area contributed by atoms with Crippen molar-refractivity contribution in [3.8, 4) is 0 Å². The van der Waals surface area contributed by atoms with Gasteiger partial charge in [0.2, 0.25) is 0 Å². The van der Waals surface area contributed by atoms with Gasteiger partial charge in [0.1, 0.15) is 0 Å². The molecule has 1 fully saturated rings. The van der Waals surface area contributed by atoms with E-state index in [2.05, 4.69) is 13.8 Å². The van der Waals surface area contributed by atoms with Crippen LogP contribution in [-0.4, -0.2) is 19.8 Å². The molecule has 1 rings (SSSR count). The smallest absolute Gasteiger partial charge is 0.0881 e. The van der Waals surface area contributed by atoms with Gasteiger partial charge < -0.3 is 0 Å². The maximum Gasteiger partial charge on any atom is 0.0881 e. The summed E-state index contributed by atoms with van der Waals surface area (Å²) >= 11 is 1.90. The summed E-state index contributed by atoms with van der Waals surface area (Å²) in [7, 11) is -0.567. The lowest BCUT2D eigenvalue weighted by molar-refractivity contribution is 0.620. The predicted octanol–water partition coefficient (Wildman–Crippen LogP) is 2.78. The Bertz CT molecular complexity index is 170. The van der Waals surface area contributed by atoms with Crippen molar-refractivity contribution in [3.05, 3.63) is 0 Å². The van der Waals surface area contributed by atoms with E-state index in [4.69, 9.17) is 0 Å². The molecule has 1 saturated heterocycles. The quantitative estimate of drug-likeness (QED) is 0.658. The van der Waals surface area contributed by atoms with E-state index in [1.807, 2.05) is 11.8 Å². The highest BCUT2D eigenvalue weighted by molar-refractivity contribution is 8.15. The molecule has 1 nitrogen and oxygen atoms in total. The van der Waals surface area contributed by atoms with Crippen molar-refractivity contribution >= 4 is 22.6 Å². The normalized spacial score (nSPS) is 35.7. The Morgan fingerprint density at radius 1 is 1.50 bits per heavy atom. The van der Waals surface area contributed by atoms with Gasteiger partial charge in [-0.15, -0.1) is 11.8 Å². The molecular weight excluding hydrogens is 188 g/mol. The lowest BCUT2D eigenvalue weighted by Crippen LogP contribution is -2.22. The molecule has 72 valence electrons. The van der Waals surface area contributed by atoms with Crippen molar-refractivity contribution in [3.63, 3.8) is 0 Å². The average molecular weight is 206 g/mol. The number of rotatable bonds is 4. The fourth-order valence-corrected chi connectivity index (χ4v) is 4.99. The first-order chi connectivity index (χ1) is 5.69. The summed E-state index contributed by atoms with van der Waals surface area (Å²) in [6.07, 6.45) is 4.92. The second-order valence-corrected chi connectivity index (χ2v) is 7.35. The van der Waals surface area contributed by atoms with E-state index in [1.54, 1.807) is 0 Å². The van der Waals surface area contributed by atoms with Crippen molar-refractivity contribution in [2.24, 2.45) is 0 Å². The monoisotopic (exact) mass is 206 g/mol. The zero-order valence-electron chi connectivity index (χ0n) is 7.97. The molecule has 12 heavy (non-hydrogen) atoms. The Morgan fingerprint density at radius 2 is 2.25 bits per heavy atom. The molecule has 0 aliphatic carbocycles. The molecule has 0 amide bonds. The number of hydrogen-bond acceptors (Lipinski definition) is 2. The van der Waals surface area contributed by atoms with Crippen molar-refractivity contribution in [1.82, 2.24) is 0 Å². The van der Waals surface area contributed by atoms with E-state index < -0.39 is 10.8 Å². The first-order valence-corrected chi connectivity index (χ1v) is 7.02. The lowest BCUT2D eigenvalue weighted by atomic mass is 10.2. The molecule has 1 aliphatic heterocycles. The average Bonchev–Trinajstić information content (AvgIpc) is 2.34. The summed E-state index contributed by atoms with van der Waals surface area (Å²) in [6, 6.07) is 0. The number of thioether (sulfide) groups is 1. The summed E-state index contributed by atoms with van der Waals surface area (Å²) < 4.78 is 11.7. The molecule has 0 aromatic carbocycles. The fraction of sp³-hybridized carbons (Fsp3) is 1.00. The topological polar surface area (TPSA) is 17.1 Å². The highest BCUT2D eigenvalue weighted by atomic mass is 32.2. The van der Waals surface area contributed by atoms with Crippen LogP contribution in [0.5, 0.6) is 0 Å². The lowest BCUT2D eigenvalue weighted by Gasteiger charge is -2.20. The minimum Gasteiger partial charge on any atom is -0.258 e. The second kappa shape index (κ2) is 4.66. The Kier molecular flexibility index (Phi) is 4.11. The van der Waals surface area contributed by atoms with Gasteiger partial charge in [-0.25, -0.2) is 0 Å². The van der Waals surface area contributed by atoms with Crippen LogP contribution < -0.4 is 0 Å². The van der Waals surface area contributed by atoms with Gasteiger partial charge >= 0.3 is 0 Å². The molecule has 0 unspecified atom stereocenters. The molecule has 0 aromatic heterocycles. The molecule has 1 aliphatic rings. The SMILES string of the molecule is CCCCC[C@@]1(C)SCC[S@@]1=O. The number of unbranched alkanes of at least 4 members (excludes halogenated alkanes) is 2. The van der Waals surface area contributed by atoms with Crippen LogP contribution in [0.4, 0.5) is 0 Å². The third kappa shape index (κ3) is 2.49. The molecular formula is C9H18OS2. The minimum absolute atomic E-state index is 0.0924. The van der Waals surface area contributed by atoms with Gasteiger partial charge in [-0.3, -0.25) is 4.21 Å². The molecule has 0 saturated carbocycles. The Balaban J connectivity index is 2.33. The van der Waals surface area contributed by atoms with Gasteiger partial charge in [0.25, 0.3) is 0 Å². The first-order valence-electron chi connectivity index (χ1n) is 4.71. The van der Waals surface area contributed by atoms with Crippen LogP contribution in [0.25, 0.3) is 0 Å². The third-order valence-electron chi connectivity index (χ3n) is 2.39. The first kappa shape index (κ1) is 10.6. The van der Waals surface area contributed by atoms with Crippen LogP contribution in [0.3, 0.4) is 0 Å². The molecule has 0 spiro atoms. The number of hydrogen-bond donors (Lipinski definition) is 0. The van der Waals surface area contributed by atoms with Crippen LogP contribution in [0.15, 0.2) is 0 Å². The largest absolute Gasteiger partial charge is 0.258 e. The van der Waals surface area contributed by atoms with Crippen molar-refractivity contribution in [2.45, 2.75) is 43.6 Å². The highest BCUT2D eigenvalue weighted by Crippen LogP contribution is 2.39. The van der Waals surface area contributed by atoms with Crippen LogP contribution >= 0.6 is 11.8 Å². The fourth-order valence-electron chi connectivity index (χ4n) is 1.50. The summed E-state index contributed by atoms with van der Waals surface area (Å²) in [4.78, 5) is 0. The van der Waals surface area contributed by atoms with Crippen molar-refractivity contribution in [2.75, 3.05) is 11.5 Å². The van der Waals surface area contributed by atoms with E-state index in [9.17, 15) is 4.21 Å². The molecule has 0 aromatic rings. The van der Waals surface area contributed by atoms with Gasteiger partial charge in [-0.2, -0.15) is 0 Å². The molecule has 1 heterocycles. The molecule has 3 heteroatoms. The maximum absolute atomic E-state index is 11.6. The van der Waals surface area contributed by atoms with Gasteiger partial charge in [-0.1, -0.05) is 26.2 Å². The van der Waals surface area contributed by atoms with E-state index in [-0.39, 0.29) is 4.08 Å². The van der Waals surface area contributed by atoms with Gasteiger partial charge in [0.15, 0.2) is 0 Å². The van der Waals surface area contributed by atoms with Crippen molar-refractivity contribution in [1.29, 1.82) is 0 Å². The van der Waals surface area contributed by atoms with Gasteiger partial charge in [0, 0.05) is 22.3 Å². The molecule has 0 bridgehead atoms.